The van der Waals surface area contributed by atoms with E-state index in [2.05, 4.69) is 5.32 Å². The van der Waals surface area contributed by atoms with E-state index >= 15 is 0 Å². The van der Waals surface area contributed by atoms with Crippen LogP contribution in [0.5, 0.6) is 0 Å². The molecule has 1 amide bonds. The summed E-state index contributed by atoms with van der Waals surface area (Å²) in [4.78, 5) is 14.0. The normalized spacial score (nSPS) is 15.9. The van der Waals surface area contributed by atoms with E-state index in [1.165, 1.54) is 6.42 Å². The fraction of sp³-hybridized carbons (Fsp3) is 0.500. The van der Waals surface area contributed by atoms with Crippen LogP contribution in [0.1, 0.15) is 29.6 Å². The smallest absolute Gasteiger partial charge is 0.251 e. The number of hydrogen-bond acceptors (Lipinski definition) is 3. The number of rotatable bonds is 4. The predicted molar refractivity (Wildman–Crippen MR) is 81.1 cm³/mol. The number of amides is 1. The second kappa shape index (κ2) is 6.26. The van der Waals surface area contributed by atoms with Crippen LogP contribution in [-0.2, 0) is 0 Å². The summed E-state index contributed by atoms with van der Waals surface area (Å²) in [7, 11) is 3.92. The number of nitrogens with one attached hydrogen (secondary N) is 1. The lowest BCUT2D eigenvalue weighted by molar-refractivity contribution is 0.0930. The first-order valence-electron chi connectivity index (χ1n) is 6.35. The number of hydrogen-bond donors (Lipinski definition) is 2. The lowest BCUT2D eigenvalue weighted by Gasteiger charge is -2.38. The standard InChI is InChI=1S/C14H21N3O.ClH/c1-17(2)12-6-3-5-11(9-12)13(18)16-10-14(15)7-4-8-14;/h3,5-6,9H,4,7-8,10,15H2,1-2H3,(H,16,18);1H. The molecule has 0 saturated heterocycles. The Hall–Kier alpha value is -1.26. The Bertz CT molecular complexity index is 444. The Labute approximate surface area is 120 Å². The van der Waals surface area contributed by atoms with Crippen molar-refractivity contribution in [1.82, 2.24) is 5.32 Å². The van der Waals surface area contributed by atoms with Crippen LogP contribution < -0.4 is 16.0 Å². The van der Waals surface area contributed by atoms with Gasteiger partial charge in [0.15, 0.2) is 0 Å². The average molecular weight is 284 g/mol. The van der Waals surface area contributed by atoms with Crippen LogP contribution in [0.4, 0.5) is 5.69 Å². The van der Waals surface area contributed by atoms with Gasteiger partial charge in [-0.15, -0.1) is 12.4 Å². The van der Waals surface area contributed by atoms with Gasteiger partial charge in [-0.3, -0.25) is 4.79 Å². The Morgan fingerprint density at radius 2 is 2.11 bits per heavy atom. The minimum absolute atomic E-state index is 0. The molecule has 3 N–H and O–H groups in total. The van der Waals surface area contributed by atoms with Gasteiger partial charge in [0.2, 0.25) is 0 Å². The number of halogens is 1. The summed E-state index contributed by atoms with van der Waals surface area (Å²) in [6.45, 7) is 0.567. The molecule has 5 heteroatoms. The zero-order chi connectivity index (χ0) is 13.2. The summed E-state index contributed by atoms with van der Waals surface area (Å²) in [5.74, 6) is -0.0459. The highest BCUT2D eigenvalue weighted by Crippen LogP contribution is 2.28. The van der Waals surface area contributed by atoms with Gasteiger partial charge >= 0.3 is 0 Å². The molecule has 1 aliphatic carbocycles. The van der Waals surface area contributed by atoms with Crippen molar-refractivity contribution in [3.8, 4) is 0 Å². The minimum atomic E-state index is -0.172. The summed E-state index contributed by atoms with van der Waals surface area (Å²) < 4.78 is 0. The molecule has 2 rings (SSSR count). The van der Waals surface area contributed by atoms with Crippen molar-refractivity contribution < 1.29 is 4.79 Å². The number of benzene rings is 1. The van der Waals surface area contributed by atoms with Crippen molar-refractivity contribution in [2.45, 2.75) is 24.8 Å². The van der Waals surface area contributed by atoms with Gasteiger partial charge in [-0.1, -0.05) is 6.07 Å². The fourth-order valence-electron chi connectivity index (χ4n) is 2.09. The molecule has 0 heterocycles. The van der Waals surface area contributed by atoms with E-state index in [1.807, 2.05) is 43.3 Å². The second-order valence-electron chi connectivity index (χ2n) is 5.34. The van der Waals surface area contributed by atoms with Crippen molar-refractivity contribution in [2.24, 2.45) is 5.73 Å². The Kier molecular flexibility index (Phi) is 5.20. The molecular weight excluding hydrogens is 262 g/mol. The summed E-state index contributed by atoms with van der Waals surface area (Å²) in [5.41, 5.74) is 7.62. The van der Waals surface area contributed by atoms with E-state index in [-0.39, 0.29) is 23.9 Å². The molecule has 0 aromatic heterocycles. The SMILES string of the molecule is CN(C)c1cccc(C(=O)NCC2(N)CCC2)c1.Cl. The Morgan fingerprint density at radius 1 is 1.42 bits per heavy atom. The van der Waals surface area contributed by atoms with Gasteiger partial charge in [0, 0.05) is 37.4 Å². The molecular formula is C14H22ClN3O. The number of anilines is 1. The zero-order valence-corrected chi connectivity index (χ0v) is 12.3. The van der Waals surface area contributed by atoms with Crippen molar-refractivity contribution in [3.05, 3.63) is 29.8 Å². The van der Waals surface area contributed by atoms with E-state index in [4.69, 9.17) is 5.73 Å². The summed E-state index contributed by atoms with van der Waals surface area (Å²) >= 11 is 0. The van der Waals surface area contributed by atoms with Gasteiger partial charge in [0.05, 0.1) is 0 Å². The van der Waals surface area contributed by atoms with E-state index in [0.29, 0.717) is 12.1 Å². The van der Waals surface area contributed by atoms with Crippen molar-refractivity contribution >= 4 is 24.0 Å². The molecule has 0 bridgehead atoms. The molecule has 0 aliphatic heterocycles. The van der Waals surface area contributed by atoms with Crippen LogP contribution in [0.2, 0.25) is 0 Å². The van der Waals surface area contributed by atoms with E-state index in [0.717, 1.165) is 18.5 Å². The van der Waals surface area contributed by atoms with Gasteiger partial charge in [-0.25, -0.2) is 0 Å². The van der Waals surface area contributed by atoms with E-state index in [1.54, 1.807) is 0 Å². The number of carbonyl (C=O) groups is 1. The maximum atomic E-state index is 12.0. The zero-order valence-electron chi connectivity index (χ0n) is 11.5. The maximum absolute atomic E-state index is 12.0. The molecule has 1 fully saturated rings. The van der Waals surface area contributed by atoms with Crippen LogP contribution in [0.25, 0.3) is 0 Å². The van der Waals surface area contributed by atoms with Gasteiger partial charge < -0.3 is 16.0 Å². The third-order valence-corrected chi connectivity index (χ3v) is 3.58. The quantitative estimate of drug-likeness (QED) is 0.886. The third-order valence-electron chi connectivity index (χ3n) is 3.58. The molecule has 106 valence electrons. The minimum Gasteiger partial charge on any atom is -0.378 e. The van der Waals surface area contributed by atoms with Crippen molar-refractivity contribution in [3.63, 3.8) is 0 Å². The first kappa shape index (κ1) is 15.8. The van der Waals surface area contributed by atoms with Crippen molar-refractivity contribution in [2.75, 3.05) is 25.5 Å². The highest BCUT2D eigenvalue weighted by Gasteiger charge is 2.32. The number of nitrogens with two attached hydrogens (primary N) is 1. The summed E-state index contributed by atoms with van der Waals surface area (Å²) in [5, 5.41) is 2.93. The summed E-state index contributed by atoms with van der Waals surface area (Å²) in [6.07, 6.45) is 3.18. The lowest BCUT2D eigenvalue weighted by Crippen LogP contribution is -2.54. The molecule has 1 aromatic carbocycles. The monoisotopic (exact) mass is 283 g/mol. The van der Waals surface area contributed by atoms with Gasteiger partial charge in [0.1, 0.15) is 0 Å². The Balaban J connectivity index is 0.00000180. The maximum Gasteiger partial charge on any atom is 0.251 e. The predicted octanol–water partition coefficient (Wildman–Crippen LogP) is 1.79. The van der Waals surface area contributed by atoms with Gasteiger partial charge in [-0.05, 0) is 37.5 Å². The molecule has 0 spiro atoms. The molecule has 1 aromatic rings. The molecule has 0 unspecified atom stereocenters. The lowest BCUT2D eigenvalue weighted by atomic mass is 9.78. The first-order valence-corrected chi connectivity index (χ1v) is 6.35. The molecule has 0 radical (unpaired) electrons. The van der Waals surface area contributed by atoms with Crippen LogP contribution in [0.3, 0.4) is 0 Å². The number of nitrogens with zero attached hydrogens (tertiary/aromatic N) is 1. The molecule has 1 saturated carbocycles. The van der Waals surface area contributed by atoms with Crippen LogP contribution in [0, 0.1) is 0 Å². The van der Waals surface area contributed by atoms with E-state index in [9.17, 15) is 4.79 Å². The molecule has 1 aliphatic rings. The second-order valence-corrected chi connectivity index (χ2v) is 5.34. The van der Waals surface area contributed by atoms with Crippen LogP contribution in [-0.4, -0.2) is 32.1 Å². The highest BCUT2D eigenvalue weighted by atomic mass is 35.5. The first-order chi connectivity index (χ1) is 8.50. The third kappa shape index (κ3) is 3.85. The van der Waals surface area contributed by atoms with Gasteiger partial charge in [-0.2, -0.15) is 0 Å². The molecule has 19 heavy (non-hydrogen) atoms. The topological polar surface area (TPSA) is 58.4 Å². The largest absolute Gasteiger partial charge is 0.378 e. The van der Waals surface area contributed by atoms with Crippen LogP contribution in [0.15, 0.2) is 24.3 Å². The van der Waals surface area contributed by atoms with Crippen LogP contribution >= 0.6 is 12.4 Å². The fourth-order valence-corrected chi connectivity index (χ4v) is 2.09. The van der Waals surface area contributed by atoms with Gasteiger partial charge in [0.25, 0.3) is 5.91 Å². The highest BCUT2D eigenvalue weighted by molar-refractivity contribution is 5.95. The molecule has 0 atom stereocenters. The van der Waals surface area contributed by atoms with Crippen molar-refractivity contribution in [1.29, 1.82) is 0 Å². The Morgan fingerprint density at radius 3 is 2.63 bits per heavy atom. The number of carbonyl (C=O) groups excluding carboxylic acids is 1. The van der Waals surface area contributed by atoms with E-state index < -0.39 is 0 Å². The average Bonchev–Trinajstić information content (AvgIpc) is 2.33. The molecule has 4 nitrogen and oxygen atoms in total. The summed E-state index contributed by atoms with van der Waals surface area (Å²) in [6, 6.07) is 7.59.